The predicted molar refractivity (Wildman–Crippen MR) is 98.7 cm³/mol. The second-order valence-corrected chi connectivity index (χ2v) is 7.36. The van der Waals surface area contributed by atoms with E-state index in [1.165, 1.54) is 0 Å². The molecule has 2 aromatic rings. The first-order chi connectivity index (χ1) is 12.0. The summed E-state index contributed by atoms with van der Waals surface area (Å²) in [5.41, 5.74) is 2.09. The summed E-state index contributed by atoms with van der Waals surface area (Å²) in [7, 11) is 0. The standard InChI is InChI=1S/C18H21Cl2N3O2/c1-11-7-17(18(24)25)23(22-11)10-13-9-21-6-2-3-14(13)12-4-5-15(19)16(20)8-12/h4-5,7-8,13-14,21H,2-3,6,9-10H2,1H3,(H,24,25)/t13-,14-/m0/s1. The van der Waals surface area contributed by atoms with Gasteiger partial charge in [-0.1, -0.05) is 29.3 Å². The zero-order valence-electron chi connectivity index (χ0n) is 14.0. The van der Waals surface area contributed by atoms with Gasteiger partial charge in [-0.3, -0.25) is 4.68 Å². The van der Waals surface area contributed by atoms with Gasteiger partial charge < -0.3 is 10.4 Å². The minimum atomic E-state index is -0.951. The molecule has 1 aromatic carbocycles. The fraction of sp³-hybridized carbons (Fsp3) is 0.444. The summed E-state index contributed by atoms with van der Waals surface area (Å²) in [5.74, 6) is -0.457. The summed E-state index contributed by atoms with van der Waals surface area (Å²) in [6.07, 6.45) is 2.07. The number of halogens is 2. The van der Waals surface area contributed by atoms with Crippen LogP contribution in [0.15, 0.2) is 24.3 Å². The van der Waals surface area contributed by atoms with Crippen LogP contribution < -0.4 is 5.32 Å². The van der Waals surface area contributed by atoms with Crippen LogP contribution in [0.4, 0.5) is 0 Å². The molecule has 2 heterocycles. The Kier molecular flexibility index (Phi) is 5.67. The van der Waals surface area contributed by atoms with Crippen molar-refractivity contribution in [2.24, 2.45) is 5.92 Å². The largest absolute Gasteiger partial charge is 0.477 e. The molecule has 0 aliphatic carbocycles. The van der Waals surface area contributed by atoms with E-state index in [0.717, 1.165) is 31.5 Å². The van der Waals surface area contributed by atoms with Gasteiger partial charge in [0.1, 0.15) is 5.69 Å². The molecule has 0 unspecified atom stereocenters. The molecule has 0 amide bonds. The Labute approximate surface area is 156 Å². The lowest BCUT2D eigenvalue weighted by Crippen LogP contribution is -2.29. The Bertz CT molecular complexity index is 776. The summed E-state index contributed by atoms with van der Waals surface area (Å²) < 4.78 is 1.61. The molecule has 25 heavy (non-hydrogen) atoms. The number of aryl methyl sites for hydroxylation is 1. The maximum Gasteiger partial charge on any atom is 0.354 e. The number of nitrogens with one attached hydrogen (secondary N) is 1. The van der Waals surface area contributed by atoms with Gasteiger partial charge in [-0.05, 0) is 61.9 Å². The van der Waals surface area contributed by atoms with E-state index in [4.69, 9.17) is 23.2 Å². The number of benzene rings is 1. The van der Waals surface area contributed by atoms with Crippen molar-refractivity contribution in [3.05, 3.63) is 51.3 Å². The van der Waals surface area contributed by atoms with Crippen LogP contribution in [-0.4, -0.2) is 33.9 Å². The fourth-order valence-electron chi connectivity index (χ4n) is 3.56. The number of carbonyl (C=O) groups is 1. The third kappa shape index (κ3) is 4.17. The molecule has 2 N–H and O–H groups in total. The number of nitrogens with zero attached hydrogens (tertiary/aromatic N) is 2. The van der Waals surface area contributed by atoms with Crippen molar-refractivity contribution in [3.8, 4) is 0 Å². The molecule has 0 radical (unpaired) electrons. The monoisotopic (exact) mass is 381 g/mol. The van der Waals surface area contributed by atoms with Gasteiger partial charge in [-0.25, -0.2) is 4.79 Å². The predicted octanol–water partition coefficient (Wildman–Crippen LogP) is 3.98. The van der Waals surface area contributed by atoms with Crippen LogP contribution in [0, 0.1) is 12.8 Å². The molecule has 1 aromatic heterocycles. The first-order valence-electron chi connectivity index (χ1n) is 8.39. The number of rotatable bonds is 4. The highest BCUT2D eigenvalue weighted by Crippen LogP contribution is 2.35. The van der Waals surface area contributed by atoms with Crippen molar-refractivity contribution < 1.29 is 9.90 Å². The number of aromatic carboxylic acids is 1. The second kappa shape index (κ2) is 7.77. The lowest BCUT2D eigenvalue weighted by Gasteiger charge is -2.26. The quantitative estimate of drug-likeness (QED) is 0.840. The average Bonchev–Trinajstić information content (AvgIpc) is 2.78. The maximum absolute atomic E-state index is 11.5. The van der Waals surface area contributed by atoms with Crippen LogP contribution in [0.3, 0.4) is 0 Å². The zero-order valence-corrected chi connectivity index (χ0v) is 15.5. The van der Waals surface area contributed by atoms with E-state index in [0.29, 0.717) is 22.3 Å². The molecule has 1 fully saturated rings. The topological polar surface area (TPSA) is 67.2 Å². The molecule has 5 nitrogen and oxygen atoms in total. The first-order valence-corrected chi connectivity index (χ1v) is 9.14. The van der Waals surface area contributed by atoms with Crippen LogP contribution in [0.2, 0.25) is 10.0 Å². The normalized spacial score (nSPS) is 21.1. The maximum atomic E-state index is 11.5. The molecule has 0 spiro atoms. The van der Waals surface area contributed by atoms with Gasteiger partial charge in [0.2, 0.25) is 0 Å². The van der Waals surface area contributed by atoms with E-state index < -0.39 is 5.97 Å². The SMILES string of the molecule is Cc1cc(C(=O)O)n(C[C@@H]2CNCCC[C@H]2c2ccc(Cl)c(Cl)c2)n1. The summed E-state index contributed by atoms with van der Waals surface area (Å²) in [4.78, 5) is 11.5. The summed E-state index contributed by atoms with van der Waals surface area (Å²) in [6.45, 7) is 4.12. The van der Waals surface area contributed by atoms with E-state index in [1.54, 1.807) is 10.7 Å². The van der Waals surface area contributed by atoms with Crippen molar-refractivity contribution in [2.75, 3.05) is 13.1 Å². The summed E-state index contributed by atoms with van der Waals surface area (Å²) in [6, 6.07) is 7.39. The highest BCUT2D eigenvalue weighted by molar-refractivity contribution is 6.42. The van der Waals surface area contributed by atoms with Crippen molar-refractivity contribution >= 4 is 29.2 Å². The second-order valence-electron chi connectivity index (χ2n) is 6.54. The van der Waals surface area contributed by atoms with E-state index in [2.05, 4.69) is 10.4 Å². The molecule has 3 rings (SSSR count). The van der Waals surface area contributed by atoms with Crippen LogP contribution in [-0.2, 0) is 6.54 Å². The number of hydrogen-bond acceptors (Lipinski definition) is 3. The summed E-state index contributed by atoms with van der Waals surface area (Å²) >= 11 is 12.3. The highest BCUT2D eigenvalue weighted by Gasteiger charge is 2.27. The van der Waals surface area contributed by atoms with Gasteiger partial charge in [-0.2, -0.15) is 5.10 Å². The van der Waals surface area contributed by atoms with Gasteiger partial charge in [0.25, 0.3) is 0 Å². The Hall–Kier alpha value is -1.56. The third-order valence-electron chi connectivity index (χ3n) is 4.74. The molecule has 1 aliphatic rings. The van der Waals surface area contributed by atoms with E-state index in [1.807, 2.05) is 25.1 Å². The first kappa shape index (κ1) is 18.2. The minimum absolute atomic E-state index is 0.220. The van der Waals surface area contributed by atoms with Crippen LogP contribution in [0.25, 0.3) is 0 Å². The third-order valence-corrected chi connectivity index (χ3v) is 5.48. The number of aromatic nitrogens is 2. The number of carboxylic acid groups (broad SMARTS) is 1. The smallest absolute Gasteiger partial charge is 0.354 e. The van der Waals surface area contributed by atoms with Crippen LogP contribution in [0.5, 0.6) is 0 Å². The van der Waals surface area contributed by atoms with Crippen molar-refractivity contribution in [2.45, 2.75) is 32.2 Å². The summed E-state index contributed by atoms with van der Waals surface area (Å²) in [5, 5.41) is 18.3. The Morgan fingerprint density at radius 3 is 2.88 bits per heavy atom. The Balaban J connectivity index is 1.91. The van der Waals surface area contributed by atoms with E-state index >= 15 is 0 Å². The molecular weight excluding hydrogens is 361 g/mol. The number of hydrogen-bond donors (Lipinski definition) is 2. The van der Waals surface area contributed by atoms with Crippen LogP contribution in [0.1, 0.15) is 40.5 Å². The minimum Gasteiger partial charge on any atom is -0.477 e. The molecule has 134 valence electrons. The Morgan fingerprint density at radius 1 is 1.36 bits per heavy atom. The van der Waals surface area contributed by atoms with Gasteiger partial charge in [0.05, 0.1) is 15.7 Å². The lowest BCUT2D eigenvalue weighted by molar-refractivity contribution is 0.0681. The van der Waals surface area contributed by atoms with Crippen molar-refractivity contribution in [1.29, 1.82) is 0 Å². The van der Waals surface area contributed by atoms with Crippen molar-refractivity contribution in [3.63, 3.8) is 0 Å². The number of carboxylic acids is 1. The average molecular weight is 382 g/mol. The molecule has 7 heteroatoms. The van der Waals surface area contributed by atoms with Gasteiger partial charge in [0.15, 0.2) is 0 Å². The zero-order chi connectivity index (χ0) is 18.0. The molecule has 0 saturated carbocycles. The van der Waals surface area contributed by atoms with Crippen LogP contribution >= 0.6 is 23.2 Å². The lowest BCUT2D eigenvalue weighted by atomic mass is 9.83. The molecule has 0 bridgehead atoms. The van der Waals surface area contributed by atoms with E-state index in [-0.39, 0.29) is 17.5 Å². The molecule has 1 saturated heterocycles. The fourth-order valence-corrected chi connectivity index (χ4v) is 3.87. The van der Waals surface area contributed by atoms with Gasteiger partial charge in [-0.15, -0.1) is 0 Å². The van der Waals surface area contributed by atoms with Gasteiger partial charge in [0, 0.05) is 13.1 Å². The van der Waals surface area contributed by atoms with E-state index in [9.17, 15) is 9.90 Å². The van der Waals surface area contributed by atoms with Gasteiger partial charge >= 0.3 is 5.97 Å². The van der Waals surface area contributed by atoms with Crippen molar-refractivity contribution in [1.82, 2.24) is 15.1 Å². The Morgan fingerprint density at radius 2 is 2.16 bits per heavy atom. The molecule has 1 aliphatic heterocycles. The highest BCUT2D eigenvalue weighted by atomic mass is 35.5. The molecular formula is C18H21Cl2N3O2. The molecule has 2 atom stereocenters.